The Bertz CT molecular complexity index is 888. The lowest BCUT2D eigenvalue weighted by Gasteiger charge is -2.09. The van der Waals surface area contributed by atoms with Crippen LogP contribution >= 0.6 is 0 Å². The minimum atomic E-state index is -0.151. The largest absolute Gasteiger partial charge is 0.287 e. The van der Waals surface area contributed by atoms with Crippen LogP contribution in [0.4, 0.5) is 0 Å². The van der Waals surface area contributed by atoms with Crippen molar-refractivity contribution in [3.05, 3.63) is 108 Å². The van der Waals surface area contributed by atoms with Gasteiger partial charge in [-0.3, -0.25) is 15.2 Å². The summed E-state index contributed by atoms with van der Waals surface area (Å²) in [6, 6.07) is 22.1. The fourth-order valence-corrected chi connectivity index (χ4v) is 2.31. The maximum Gasteiger partial charge on any atom is 0.213 e. The summed E-state index contributed by atoms with van der Waals surface area (Å²) < 4.78 is 0. The predicted octanol–water partition coefficient (Wildman–Crippen LogP) is 3.93. The van der Waals surface area contributed by atoms with Crippen molar-refractivity contribution in [1.82, 2.24) is 10.4 Å². The Labute approximate surface area is 146 Å². The summed E-state index contributed by atoms with van der Waals surface area (Å²) in [6.07, 6.45) is 3.36. The molecule has 122 valence electrons. The molecule has 0 aliphatic rings. The van der Waals surface area contributed by atoms with E-state index < -0.39 is 0 Å². The van der Waals surface area contributed by atoms with Crippen molar-refractivity contribution in [2.45, 2.75) is 0 Å². The molecule has 1 N–H and O–H groups in total. The summed E-state index contributed by atoms with van der Waals surface area (Å²) in [4.78, 5) is 16.9. The van der Waals surface area contributed by atoms with Crippen LogP contribution in [0.2, 0.25) is 0 Å². The highest BCUT2D eigenvalue weighted by Crippen LogP contribution is 2.11. The molecule has 0 saturated heterocycles. The third-order valence-electron chi connectivity index (χ3n) is 3.63. The molecule has 0 fully saturated rings. The number of Topliss-reactive ketones (excluding diaryl/α,β-unsaturated/α-hetero) is 1. The van der Waals surface area contributed by atoms with Crippen LogP contribution in [0.5, 0.6) is 0 Å². The first-order valence-electron chi connectivity index (χ1n) is 7.84. The minimum Gasteiger partial charge on any atom is -0.287 e. The Morgan fingerprint density at radius 3 is 1.96 bits per heavy atom. The van der Waals surface area contributed by atoms with Gasteiger partial charge in [0.15, 0.2) is 0 Å². The highest BCUT2D eigenvalue weighted by Gasteiger charge is 2.16. The molecular formula is C21H17N3O. The molecule has 1 aromatic heterocycles. The number of carbonyl (C=O) groups excluding carboxylic acids is 1. The molecule has 0 spiro atoms. The van der Waals surface area contributed by atoms with Crippen LogP contribution in [0, 0.1) is 0 Å². The monoisotopic (exact) mass is 327 g/mol. The Morgan fingerprint density at radius 1 is 0.800 bits per heavy atom. The van der Waals surface area contributed by atoms with Gasteiger partial charge in [0.2, 0.25) is 5.78 Å². The molecule has 0 atom stereocenters. The van der Waals surface area contributed by atoms with E-state index in [1.807, 2.05) is 60.7 Å². The third kappa shape index (κ3) is 4.06. The van der Waals surface area contributed by atoms with Gasteiger partial charge < -0.3 is 0 Å². The van der Waals surface area contributed by atoms with Gasteiger partial charge in [-0.05, 0) is 12.1 Å². The highest BCUT2D eigenvalue weighted by molar-refractivity contribution is 6.51. The van der Waals surface area contributed by atoms with Gasteiger partial charge in [0.1, 0.15) is 5.71 Å². The molecule has 0 aliphatic carbocycles. The van der Waals surface area contributed by atoms with Gasteiger partial charge in [0.05, 0.1) is 5.70 Å². The first-order chi connectivity index (χ1) is 12.3. The summed E-state index contributed by atoms with van der Waals surface area (Å²) in [5, 5.41) is 4.34. The van der Waals surface area contributed by atoms with Crippen molar-refractivity contribution in [3.63, 3.8) is 0 Å². The number of aromatic nitrogens is 1. The summed E-state index contributed by atoms with van der Waals surface area (Å²) >= 11 is 0. The third-order valence-corrected chi connectivity index (χ3v) is 3.63. The van der Waals surface area contributed by atoms with E-state index in [4.69, 9.17) is 0 Å². The number of hydrogen-bond donors (Lipinski definition) is 1. The molecule has 1 heterocycles. The Morgan fingerprint density at radius 2 is 1.36 bits per heavy atom. The van der Waals surface area contributed by atoms with Crippen molar-refractivity contribution in [2.75, 3.05) is 0 Å². The van der Waals surface area contributed by atoms with Crippen LogP contribution in [0.15, 0.2) is 96.9 Å². The van der Waals surface area contributed by atoms with E-state index in [2.05, 4.69) is 22.1 Å². The molecular weight excluding hydrogens is 310 g/mol. The van der Waals surface area contributed by atoms with E-state index in [1.54, 1.807) is 24.5 Å². The normalized spacial score (nSPS) is 11.0. The fourth-order valence-electron chi connectivity index (χ4n) is 2.31. The maximum absolute atomic E-state index is 12.9. The van der Waals surface area contributed by atoms with Crippen molar-refractivity contribution in [1.29, 1.82) is 0 Å². The van der Waals surface area contributed by atoms with Crippen LogP contribution in [0.1, 0.15) is 21.5 Å². The molecule has 0 radical (unpaired) electrons. The van der Waals surface area contributed by atoms with Gasteiger partial charge in [0, 0.05) is 29.1 Å². The zero-order valence-electron chi connectivity index (χ0n) is 13.6. The molecule has 4 heteroatoms. The Kier molecular flexibility index (Phi) is 5.12. The molecule has 3 rings (SSSR count). The summed E-state index contributed by atoms with van der Waals surface area (Å²) in [7, 11) is 0. The number of benzene rings is 2. The molecule has 0 saturated carbocycles. The molecule has 0 unspecified atom stereocenters. The first kappa shape index (κ1) is 16.3. The second-order valence-electron chi connectivity index (χ2n) is 5.35. The van der Waals surface area contributed by atoms with Gasteiger partial charge in [-0.1, -0.05) is 67.2 Å². The van der Waals surface area contributed by atoms with Gasteiger partial charge in [-0.15, -0.1) is 0 Å². The maximum atomic E-state index is 12.9. The number of nitrogens with zero attached hydrogens (tertiary/aromatic N) is 2. The SMILES string of the molecule is C=C(N/N=C(/C(=O)c1ccccc1)c1ccccc1)c1ccncc1. The second kappa shape index (κ2) is 7.84. The van der Waals surface area contributed by atoms with E-state index in [1.165, 1.54) is 0 Å². The van der Waals surface area contributed by atoms with Crippen LogP contribution in [0.3, 0.4) is 0 Å². The smallest absolute Gasteiger partial charge is 0.213 e. The summed E-state index contributed by atoms with van der Waals surface area (Å²) in [5.74, 6) is -0.151. The van der Waals surface area contributed by atoms with Crippen molar-refractivity contribution < 1.29 is 4.79 Å². The molecule has 0 bridgehead atoms. The van der Waals surface area contributed by atoms with Gasteiger partial charge in [-0.2, -0.15) is 5.10 Å². The lowest BCUT2D eigenvalue weighted by atomic mass is 10.0. The summed E-state index contributed by atoms with van der Waals surface area (Å²) in [6.45, 7) is 3.97. The molecule has 0 amide bonds. The summed E-state index contributed by atoms with van der Waals surface area (Å²) in [5.41, 5.74) is 6.01. The number of pyridine rings is 1. The highest BCUT2D eigenvalue weighted by atomic mass is 16.1. The number of hydrazone groups is 1. The lowest BCUT2D eigenvalue weighted by molar-refractivity contribution is 0.106. The molecule has 3 aromatic rings. The number of carbonyl (C=O) groups is 1. The first-order valence-corrected chi connectivity index (χ1v) is 7.84. The predicted molar refractivity (Wildman–Crippen MR) is 100 cm³/mol. The van der Waals surface area contributed by atoms with Crippen molar-refractivity contribution >= 4 is 17.2 Å². The fraction of sp³-hybridized carbons (Fsp3) is 0. The number of rotatable bonds is 6. The van der Waals surface area contributed by atoms with Crippen LogP contribution < -0.4 is 5.43 Å². The van der Waals surface area contributed by atoms with Crippen LogP contribution in [-0.4, -0.2) is 16.5 Å². The van der Waals surface area contributed by atoms with Crippen LogP contribution in [-0.2, 0) is 0 Å². The van der Waals surface area contributed by atoms with E-state index in [0.29, 0.717) is 17.0 Å². The van der Waals surface area contributed by atoms with E-state index in [-0.39, 0.29) is 5.78 Å². The molecule has 25 heavy (non-hydrogen) atoms. The average Bonchev–Trinajstić information content (AvgIpc) is 2.70. The minimum absolute atomic E-state index is 0.151. The molecule has 2 aromatic carbocycles. The van der Waals surface area contributed by atoms with Crippen molar-refractivity contribution in [2.24, 2.45) is 5.10 Å². The second-order valence-corrected chi connectivity index (χ2v) is 5.35. The van der Waals surface area contributed by atoms with Gasteiger partial charge in [-0.25, -0.2) is 0 Å². The van der Waals surface area contributed by atoms with E-state index in [0.717, 1.165) is 11.1 Å². The number of nitrogens with one attached hydrogen (secondary N) is 1. The number of hydrogen-bond acceptors (Lipinski definition) is 4. The van der Waals surface area contributed by atoms with Gasteiger partial charge >= 0.3 is 0 Å². The Balaban J connectivity index is 1.92. The number of ketones is 1. The lowest BCUT2D eigenvalue weighted by Crippen LogP contribution is -2.19. The zero-order valence-corrected chi connectivity index (χ0v) is 13.6. The Hall–Kier alpha value is -3.53. The van der Waals surface area contributed by atoms with E-state index in [9.17, 15) is 4.79 Å². The standard InChI is InChI=1S/C21H17N3O/c1-16(17-12-14-22-15-13-17)23-24-20(18-8-4-2-5-9-18)21(25)19-10-6-3-7-11-19/h2-15,23H,1H2/b24-20+. The van der Waals surface area contributed by atoms with E-state index >= 15 is 0 Å². The van der Waals surface area contributed by atoms with Crippen LogP contribution in [0.25, 0.3) is 5.70 Å². The molecule has 4 nitrogen and oxygen atoms in total. The van der Waals surface area contributed by atoms with Gasteiger partial charge in [0.25, 0.3) is 0 Å². The zero-order chi connectivity index (χ0) is 17.5. The molecule has 0 aliphatic heterocycles. The average molecular weight is 327 g/mol. The quantitative estimate of drug-likeness (QED) is 0.424. The topological polar surface area (TPSA) is 54.4 Å². The van der Waals surface area contributed by atoms with Crippen molar-refractivity contribution in [3.8, 4) is 0 Å².